The minimum atomic E-state index is -5.45. The zero-order valence-electron chi connectivity index (χ0n) is 31.0. The van der Waals surface area contributed by atoms with Gasteiger partial charge in [-0.2, -0.15) is 42.1 Å². The second-order valence-electron chi connectivity index (χ2n) is 12.0. The molecule has 0 aliphatic rings. The van der Waals surface area contributed by atoms with Crippen molar-refractivity contribution in [2.24, 2.45) is 20.5 Å². The van der Waals surface area contributed by atoms with E-state index in [0.717, 1.165) is 43.5 Å². The predicted molar refractivity (Wildman–Crippen MR) is 212 cm³/mol. The van der Waals surface area contributed by atoms with Crippen molar-refractivity contribution in [3.8, 4) is 11.5 Å². The highest BCUT2D eigenvalue weighted by atomic mass is 32.3. The van der Waals surface area contributed by atoms with E-state index in [1.165, 1.54) is 0 Å². The van der Waals surface area contributed by atoms with Crippen LogP contribution in [0.15, 0.2) is 94.6 Å². The summed E-state index contributed by atoms with van der Waals surface area (Å²) in [6.45, 7) is -2.15. The molecule has 35 heteroatoms. The molecule has 0 spiro atoms. The number of nitrogens with one attached hydrogen (secondary N) is 1. The molecule has 0 aliphatic carbocycles. The standard InChI is InChI=1S/C28H29N5O23S7/c1-54-28-18-4-6-21(29-15-59(39,40)41)26(32-30-20-5-2-17(13-24(20)60(42,43)44)58(37,38)11-9-56-63(51,52)53)19(18)14-25(61(45,46)47)27(28)33-31-22-12-16(3-7-23(22)34)57(35,36)10-8-55-62(48,49)50/h2-7,12-14,29,34H,8-11,15H2,1H3,(H,39,40,41)(H,42,43,44)(H,45,46,47)(H,48,49,50)(H,51,52,53)/b32-30+,33-31+. The summed E-state index contributed by atoms with van der Waals surface area (Å²) in [5.74, 6) is -4.73. The van der Waals surface area contributed by atoms with Gasteiger partial charge in [-0.1, -0.05) is 0 Å². The zero-order valence-corrected chi connectivity index (χ0v) is 36.7. The molecule has 4 aromatic rings. The van der Waals surface area contributed by atoms with Crippen LogP contribution in [-0.4, -0.2) is 125 Å². The van der Waals surface area contributed by atoms with Gasteiger partial charge in [-0.05, 0) is 54.6 Å². The molecule has 0 radical (unpaired) electrons. The van der Waals surface area contributed by atoms with Crippen LogP contribution in [0.1, 0.15) is 0 Å². The first-order chi connectivity index (χ1) is 28.7. The minimum Gasteiger partial charge on any atom is -0.506 e. The Labute approximate surface area is 357 Å². The molecular formula is C28H29N5O23S7. The third-order valence-corrected chi connectivity index (χ3v) is 14.2. The summed E-state index contributed by atoms with van der Waals surface area (Å²) in [5.41, 5.74) is -3.37. The number of phenolic OH excluding ortho intramolecular Hbond substituents is 1. The van der Waals surface area contributed by atoms with Crippen LogP contribution in [0.25, 0.3) is 10.8 Å². The number of ether oxygens (including phenoxy) is 1. The number of sulfone groups is 2. The topological polar surface area (TPSA) is 450 Å². The number of hydrogen-bond donors (Lipinski definition) is 7. The van der Waals surface area contributed by atoms with Gasteiger partial charge >= 0.3 is 20.8 Å². The number of nitrogens with zero attached hydrogens (tertiary/aromatic N) is 4. The van der Waals surface area contributed by atoms with Crippen LogP contribution in [0.4, 0.5) is 28.4 Å². The molecule has 4 rings (SSSR count). The molecule has 0 saturated carbocycles. The van der Waals surface area contributed by atoms with Gasteiger partial charge in [0.25, 0.3) is 30.4 Å². The Morgan fingerprint density at radius 3 is 1.57 bits per heavy atom. The predicted octanol–water partition coefficient (Wildman–Crippen LogP) is 2.32. The van der Waals surface area contributed by atoms with Gasteiger partial charge in [0, 0.05) is 10.8 Å². The van der Waals surface area contributed by atoms with E-state index in [1.807, 2.05) is 0 Å². The van der Waals surface area contributed by atoms with Crippen molar-refractivity contribution in [3.63, 3.8) is 0 Å². The first kappa shape index (κ1) is 50.8. The van der Waals surface area contributed by atoms with E-state index < -0.39 is 166 Å². The fourth-order valence-electron chi connectivity index (χ4n) is 5.00. The van der Waals surface area contributed by atoms with Crippen molar-refractivity contribution in [2.75, 3.05) is 43.0 Å². The fourth-order valence-corrected chi connectivity index (χ4v) is 9.73. The van der Waals surface area contributed by atoms with Gasteiger partial charge in [-0.15, -0.1) is 20.5 Å². The van der Waals surface area contributed by atoms with Crippen LogP contribution in [0.5, 0.6) is 11.5 Å². The van der Waals surface area contributed by atoms with Gasteiger partial charge in [0.2, 0.25) is 0 Å². The largest absolute Gasteiger partial charge is 0.506 e. The Hall–Kier alpha value is -4.89. The van der Waals surface area contributed by atoms with E-state index in [4.69, 9.17) is 13.8 Å². The number of aromatic hydroxyl groups is 1. The number of fused-ring (bicyclic) bond motifs is 1. The van der Waals surface area contributed by atoms with E-state index in [9.17, 15) is 77.7 Å². The number of anilines is 1. The summed E-state index contributed by atoms with van der Waals surface area (Å²) in [4.78, 5) is -3.85. The van der Waals surface area contributed by atoms with E-state index >= 15 is 0 Å². The highest BCUT2D eigenvalue weighted by Gasteiger charge is 2.27. The highest BCUT2D eigenvalue weighted by molar-refractivity contribution is 7.92. The molecule has 0 heterocycles. The van der Waals surface area contributed by atoms with Crippen LogP contribution < -0.4 is 10.1 Å². The van der Waals surface area contributed by atoms with E-state index in [2.05, 4.69) is 34.1 Å². The smallest absolute Gasteiger partial charge is 0.397 e. The summed E-state index contributed by atoms with van der Waals surface area (Å²) in [5, 5.41) is 27.0. The second kappa shape index (κ2) is 18.7. The number of rotatable bonds is 20. The molecule has 7 N–H and O–H groups in total. The molecule has 0 atom stereocenters. The second-order valence-corrected chi connectivity index (χ2v) is 22.6. The molecule has 0 aromatic heterocycles. The van der Waals surface area contributed by atoms with Gasteiger partial charge in [-0.25, -0.2) is 25.2 Å². The van der Waals surface area contributed by atoms with Crippen molar-refractivity contribution < 1.29 is 99.9 Å². The fraction of sp³-hybridized carbons (Fsp3) is 0.214. The molecule has 0 unspecified atom stereocenters. The van der Waals surface area contributed by atoms with Crippen LogP contribution in [0.3, 0.4) is 0 Å². The van der Waals surface area contributed by atoms with Crippen LogP contribution in [-0.2, 0) is 79.2 Å². The molecule has 0 aliphatic heterocycles. The lowest BCUT2D eigenvalue weighted by Gasteiger charge is -2.16. The number of azo groups is 2. The Morgan fingerprint density at radius 2 is 1.06 bits per heavy atom. The summed E-state index contributed by atoms with van der Waals surface area (Å²) < 4.78 is 229. The van der Waals surface area contributed by atoms with Crippen molar-refractivity contribution in [1.82, 2.24) is 0 Å². The van der Waals surface area contributed by atoms with Gasteiger partial charge < -0.3 is 15.2 Å². The highest BCUT2D eigenvalue weighted by Crippen LogP contribution is 2.47. The average Bonchev–Trinajstić information content (AvgIpc) is 3.12. The Morgan fingerprint density at radius 1 is 0.556 bits per heavy atom. The SMILES string of the molecule is COc1c(/N=N/c2cc(S(=O)(=O)CCOS(=O)(=O)O)ccc2O)c(S(=O)(=O)O)cc2c(/N=N/c3ccc(S(=O)(=O)CCOS(=O)(=O)O)cc3S(=O)(=O)O)c(NCS(=O)(=O)O)ccc12. The molecule has 346 valence electrons. The van der Waals surface area contributed by atoms with E-state index in [-0.39, 0.29) is 5.39 Å². The molecule has 63 heavy (non-hydrogen) atoms. The molecule has 28 nitrogen and oxygen atoms in total. The lowest BCUT2D eigenvalue weighted by molar-refractivity contribution is 0.282. The van der Waals surface area contributed by atoms with Crippen molar-refractivity contribution in [1.29, 1.82) is 0 Å². The Kier molecular flexibility index (Phi) is 15.0. The summed E-state index contributed by atoms with van der Waals surface area (Å²) in [6.07, 6.45) is 0. The molecule has 0 saturated heterocycles. The maximum atomic E-state index is 12.8. The van der Waals surface area contributed by atoms with Crippen molar-refractivity contribution in [2.45, 2.75) is 19.6 Å². The number of phenols is 1. The Balaban J connectivity index is 1.95. The molecule has 0 amide bonds. The summed E-state index contributed by atoms with van der Waals surface area (Å²) >= 11 is 0. The lowest BCUT2D eigenvalue weighted by Crippen LogP contribution is -2.16. The van der Waals surface area contributed by atoms with Gasteiger partial charge in [0.15, 0.2) is 25.4 Å². The molecular weight excluding hydrogens is 999 g/mol. The third kappa shape index (κ3) is 13.8. The number of hydrogen-bond acceptors (Lipinski definition) is 23. The van der Waals surface area contributed by atoms with Crippen molar-refractivity contribution >= 4 is 110 Å². The van der Waals surface area contributed by atoms with Gasteiger partial charge in [-0.3, -0.25) is 22.8 Å². The Bertz CT molecular complexity index is 3340. The van der Waals surface area contributed by atoms with Crippen LogP contribution in [0, 0.1) is 0 Å². The normalized spacial score (nSPS) is 13.6. The zero-order chi connectivity index (χ0) is 47.6. The van der Waals surface area contributed by atoms with E-state index in [1.54, 1.807) is 0 Å². The molecule has 0 fully saturated rings. The average molecular weight is 1030 g/mol. The first-order valence-corrected chi connectivity index (χ1v) is 26.6. The molecule has 0 bridgehead atoms. The van der Waals surface area contributed by atoms with Crippen LogP contribution in [0.2, 0.25) is 0 Å². The van der Waals surface area contributed by atoms with E-state index in [0.29, 0.717) is 18.2 Å². The summed E-state index contributed by atoms with van der Waals surface area (Å²) in [6, 6.07) is 6.98. The lowest BCUT2D eigenvalue weighted by atomic mass is 10.0. The number of methoxy groups -OCH3 is 1. The maximum absolute atomic E-state index is 12.8. The third-order valence-electron chi connectivity index (χ3n) is 7.67. The number of benzene rings is 4. The van der Waals surface area contributed by atoms with Crippen LogP contribution >= 0.6 is 0 Å². The maximum Gasteiger partial charge on any atom is 0.397 e. The molecule has 4 aromatic carbocycles. The quantitative estimate of drug-likeness (QED) is 0.0493. The first-order valence-electron chi connectivity index (χ1n) is 16.0. The monoisotopic (exact) mass is 1030 g/mol. The van der Waals surface area contributed by atoms with Crippen molar-refractivity contribution in [3.05, 3.63) is 54.6 Å². The summed E-state index contributed by atoms with van der Waals surface area (Å²) in [7, 11) is -33.8. The minimum absolute atomic E-state index is 0.229. The van der Waals surface area contributed by atoms with Gasteiger partial charge in [0.05, 0.1) is 47.3 Å². The van der Waals surface area contributed by atoms with Gasteiger partial charge in [0.1, 0.15) is 44.2 Å².